The van der Waals surface area contributed by atoms with Gasteiger partial charge in [0, 0.05) is 30.3 Å². The molecule has 0 bridgehead atoms. The number of nitrogens with zero attached hydrogens (tertiary/aromatic N) is 2. The molecule has 1 fully saturated rings. The first-order valence-electron chi connectivity index (χ1n) is 14.1. The lowest BCUT2D eigenvalue weighted by atomic mass is 9.91. The number of aromatic nitrogens is 1. The second kappa shape index (κ2) is 13.3. The molecule has 3 aromatic rings. The third kappa shape index (κ3) is 7.50. The van der Waals surface area contributed by atoms with Gasteiger partial charge in [0.2, 0.25) is 5.88 Å². The third-order valence-electron chi connectivity index (χ3n) is 7.65. The molecule has 7 nitrogen and oxygen atoms in total. The van der Waals surface area contributed by atoms with Gasteiger partial charge >= 0.3 is 11.9 Å². The van der Waals surface area contributed by atoms with E-state index in [1.165, 1.54) is 14.2 Å². The molecule has 0 spiro atoms. The molecule has 0 radical (unpaired) electrons. The molecule has 1 atom stereocenters. The van der Waals surface area contributed by atoms with Crippen LogP contribution in [0.3, 0.4) is 0 Å². The fraction of sp³-hybridized carbons (Fsp3) is 0.424. The first-order valence-corrected chi connectivity index (χ1v) is 14.1. The predicted octanol–water partition coefficient (Wildman–Crippen LogP) is 6.79. The number of hydrogen-bond donors (Lipinski definition) is 0. The molecule has 8 heteroatoms. The van der Waals surface area contributed by atoms with Crippen LogP contribution >= 0.6 is 0 Å². The number of carbonyl (C=O) groups is 2. The zero-order valence-corrected chi connectivity index (χ0v) is 24.6. The van der Waals surface area contributed by atoms with Crippen LogP contribution in [0.2, 0.25) is 0 Å². The van der Waals surface area contributed by atoms with Crippen LogP contribution in [0.5, 0.6) is 11.6 Å². The summed E-state index contributed by atoms with van der Waals surface area (Å²) < 4.78 is 30.9. The van der Waals surface area contributed by atoms with Crippen LogP contribution in [-0.4, -0.2) is 48.1 Å². The Labute approximate surface area is 241 Å². The van der Waals surface area contributed by atoms with Crippen molar-refractivity contribution < 1.29 is 28.2 Å². The number of halogens is 1. The standard InChI is InChI=1S/C33H39FN2O5/c1-20(2)36(21(3)4)19-25-14-24(12-13-27(25)29-16-31(39-5)35-18-30(29)34)33(38)41-26-9-7-8-23(15-26)28(22-10-11-22)17-32(37)40-6/h7-9,12-16,18,20-22,28H,10-11,17,19H2,1-6H3/t28-/m0/s1. The van der Waals surface area contributed by atoms with Crippen molar-refractivity contribution in [3.05, 3.63) is 77.2 Å². The van der Waals surface area contributed by atoms with Crippen molar-refractivity contribution in [3.63, 3.8) is 0 Å². The molecule has 41 heavy (non-hydrogen) atoms. The molecule has 1 saturated carbocycles. The SMILES string of the molecule is COC(=O)C[C@H](c1cccc(OC(=O)c2ccc(-c3cc(OC)ncc3F)c(CN(C(C)C)C(C)C)c2)c1)C1CC1. The lowest BCUT2D eigenvalue weighted by molar-refractivity contribution is -0.141. The Kier molecular flexibility index (Phi) is 9.76. The van der Waals surface area contributed by atoms with Gasteiger partial charge in [-0.3, -0.25) is 9.69 Å². The molecule has 1 aliphatic rings. The maximum absolute atomic E-state index is 15.0. The van der Waals surface area contributed by atoms with Gasteiger partial charge in [-0.25, -0.2) is 14.2 Å². The number of benzene rings is 2. The topological polar surface area (TPSA) is 78.0 Å². The third-order valence-corrected chi connectivity index (χ3v) is 7.65. The fourth-order valence-corrected chi connectivity index (χ4v) is 5.30. The van der Waals surface area contributed by atoms with Gasteiger partial charge < -0.3 is 14.2 Å². The minimum Gasteiger partial charge on any atom is -0.481 e. The lowest BCUT2D eigenvalue weighted by Gasteiger charge is -2.31. The van der Waals surface area contributed by atoms with Gasteiger partial charge in [0.1, 0.15) is 11.6 Å². The maximum Gasteiger partial charge on any atom is 0.343 e. The average molecular weight is 563 g/mol. The van der Waals surface area contributed by atoms with Gasteiger partial charge in [-0.1, -0.05) is 18.2 Å². The molecule has 4 rings (SSSR count). The van der Waals surface area contributed by atoms with Crippen molar-refractivity contribution in [1.29, 1.82) is 0 Å². The smallest absolute Gasteiger partial charge is 0.343 e. The van der Waals surface area contributed by atoms with E-state index >= 15 is 0 Å². The highest BCUT2D eigenvalue weighted by Crippen LogP contribution is 2.45. The fourth-order valence-electron chi connectivity index (χ4n) is 5.30. The van der Waals surface area contributed by atoms with Gasteiger partial charge in [-0.15, -0.1) is 0 Å². The molecule has 1 heterocycles. The van der Waals surface area contributed by atoms with E-state index in [2.05, 4.69) is 37.6 Å². The van der Waals surface area contributed by atoms with Crippen molar-refractivity contribution in [2.45, 2.75) is 71.5 Å². The second-order valence-corrected chi connectivity index (χ2v) is 11.1. The van der Waals surface area contributed by atoms with E-state index in [4.69, 9.17) is 14.2 Å². The van der Waals surface area contributed by atoms with Gasteiger partial charge in [-0.2, -0.15) is 0 Å². The first kappa shape index (κ1) is 30.2. The van der Waals surface area contributed by atoms with Crippen LogP contribution in [0.15, 0.2) is 54.7 Å². The Balaban J connectivity index is 1.65. The number of esters is 2. The Morgan fingerprint density at radius 1 is 1.00 bits per heavy atom. The van der Waals surface area contributed by atoms with E-state index in [-0.39, 0.29) is 24.0 Å². The Hall–Kier alpha value is -3.78. The summed E-state index contributed by atoms with van der Waals surface area (Å²) in [4.78, 5) is 31.6. The van der Waals surface area contributed by atoms with Crippen molar-refractivity contribution in [1.82, 2.24) is 9.88 Å². The molecule has 0 N–H and O–H groups in total. The summed E-state index contributed by atoms with van der Waals surface area (Å²) in [6.07, 6.45) is 3.57. The highest BCUT2D eigenvalue weighted by molar-refractivity contribution is 5.92. The summed E-state index contributed by atoms with van der Waals surface area (Å²) in [6, 6.07) is 14.5. The molecular formula is C33H39FN2O5. The van der Waals surface area contributed by atoms with Gasteiger partial charge in [0.05, 0.1) is 32.4 Å². The largest absolute Gasteiger partial charge is 0.481 e. The van der Waals surface area contributed by atoms with E-state index in [1.807, 2.05) is 18.2 Å². The zero-order chi connectivity index (χ0) is 29.7. The highest BCUT2D eigenvalue weighted by Gasteiger charge is 2.34. The minimum absolute atomic E-state index is 0.0253. The van der Waals surface area contributed by atoms with Crippen LogP contribution in [0.1, 0.15) is 74.4 Å². The summed E-state index contributed by atoms with van der Waals surface area (Å²) >= 11 is 0. The quantitative estimate of drug-likeness (QED) is 0.178. The molecule has 0 amide bonds. The van der Waals surface area contributed by atoms with E-state index in [0.717, 1.165) is 30.2 Å². The number of carbonyl (C=O) groups excluding carboxylic acids is 2. The molecule has 1 aromatic heterocycles. The maximum atomic E-state index is 15.0. The predicted molar refractivity (Wildman–Crippen MR) is 155 cm³/mol. The van der Waals surface area contributed by atoms with E-state index in [9.17, 15) is 14.0 Å². The van der Waals surface area contributed by atoms with Crippen molar-refractivity contribution in [3.8, 4) is 22.8 Å². The monoisotopic (exact) mass is 562 g/mol. The molecule has 1 aliphatic carbocycles. The van der Waals surface area contributed by atoms with Crippen LogP contribution in [-0.2, 0) is 16.1 Å². The van der Waals surface area contributed by atoms with E-state index < -0.39 is 11.8 Å². The number of pyridine rings is 1. The van der Waals surface area contributed by atoms with Gasteiger partial charge in [-0.05, 0) is 93.3 Å². The normalized spacial score (nSPS) is 13.9. The van der Waals surface area contributed by atoms with Crippen molar-refractivity contribution in [2.75, 3.05) is 14.2 Å². The summed E-state index contributed by atoms with van der Waals surface area (Å²) in [6.45, 7) is 8.93. The van der Waals surface area contributed by atoms with Crippen LogP contribution < -0.4 is 9.47 Å². The second-order valence-electron chi connectivity index (χ2n) is 11.1. The van der Waals surface area contributed by atoms with Crippen LogP contribution in [0, 0.1) is 11.7 Å². The Bertz CT molecular complexity index is 1380. The van der Waals surface area contributed by atoms with Gasteiger partial charge in [0.25, 0.3) is 0 Å². The highest BCUT2D eigenvalue weighted by atomic mass is 19.1. The number of hydrogen-bond acceptors (Lipinski definition) is 7. The summed E-state index contributed by atoms with van der Waals surface area (Å²) in [5.41, 5.74) is 3.10. The average Bonchev–Trinajstić information content (AvgIpc) is 3.80. The lowest BCUT2D eigenvalue weighted by Crippen LogP contribution is -2.36. The Morgan fingerprint density at radius 3 is 2.37 bits per heavy atom. The molecule has 0 unspecified atom stereocenters. The van der Waals surface area contributed by atoms with Crippen molar-refractivity contribution in [2.24, 2.45) is 5.92 Å². The number of rotatable bonds is 12. The van der Waals surface area contributed by atoms with Crippen LogP contribution in [0.25, 0.3) is 11.1 Å². The van der Waals surface area contributed by atoms with Gasteiger partial charge in [0.15, 0.2) is 0 Å². The summed E-state index contributed by atoms with van der Waals surface area (Å²) in [5, 5.41) is 0. The van der Waals surface area contributed by atoms with Crippen molar-refractivity contribution >= 4 is 11.9 Å². The van der Waals surface area contributed by atoms with E-state index in [0.29, 0.717) is 47.2 Å². The molecule has 218 valence electrons. The summed E-state index contributed by atoms with van der Waals surface area (Å²) in [5.74, 6) is -0.0839. The number of methoxy groups -OCH3 is 2. The first-order chi connectivity index (χ1) is 19.6. The molecule has 0 saturated heterocycles. The van der Waals surface area contributed by atoms with E-state index in [1.54, 1.807) is 30.3 Å². The molecular weight excluding hydrogens is 523 g/mol. The number of ether oxygens (including phenoxy) is 3. The Morgan fingerprint density at radius 2 is 1.73 bits per heavy atom. The zero-order valence-electron chi connectivity index (χ0n) is 24.6. The summed E-state index contributed by atoms with van der Waals surface area (Å²) in [7, 11) is 2.88. The van der Waals surface area contributed by atoms with Crippen LogP contribution in [0.4, 0.5) is 4.39 Å². The molecule has 2 aromatic carbocycles. The molecule has 0 aliphatic heterocycles. The minimum atomic E-state index is -0.515.